The average molecular weight is 511 g/mol. The summed E-state index contributed by atoms with van der Waals surface area (Å²) in [5, 5.41) is 19.1. The molecular formula is C24H20F2N6OS2. The SMILES string of the molecule is Cc1csc(-c2ccc(-c3nsc([C@H](Cn4cncn4)[C@@](C)(O)c4ccc(F)cc4F)n3)cc2)n1. The molecule has 0 saturated carbocycles. The summed E-state index contributed by atoms with van der Waals surface area (Å²) in [4.78, 5) is 13.1. The molecule has 11 heteroatoms. The van der Waals surface area contributed by atoms with Crippen molar-refractivity contribution in [1.29, 1.82) is 0 Å². The Morgan fingerprint density at radius 3 is 2.51 bits per heavy atom. The number of rotatable bonds is 7. The highest BCUT2D eigenvalue weighted by Gasteiger charge is 2.40. The van der Waals surface area contributed by atoms with E-state index in [1.165, 1.54) is 30.3 Å². The molecule has 0 spiro atoms. The van der Waals surface area contributed by atoms with Crippen molar-refractivity contribution in [1.82, 2.24) is 29.1 Å². The molecule has 0 saturated heterocycles. The van der Waals surface area contributed by atoms with Gasteiger partial charge in [-0.3, -0.25) is 4.68 Å². The second-order valence-corrected chi connectivity index (χ2v) is 9.91. The molecule has 0 bridgehead atoms. The Labute approximate surface area is 208 Å². The van der Waals surface area contributed by atoms with E-state index >= 15 is 0 Å². The molecule has 3 aromatic heterocycles. The number of aliphatic hydroxyl groups is 1. The monoisotopic (exact) mass is 510 g/mol. The zero-order valence-corrected chi connectivity index (χ0v) is 20.4. The molecule has 0 amide bonds. The van der Waals surface area contributed by atoms with E-state index < -0.39 is 23.2 Å². The van der Waals surface area contributed by atoms with Crippen molar-refractivity contribution in [2.24, 2.45) is 0 Å². The summed E-state index contributed by atoms with van der Waals surface area (Å²) in [5.74, 6) is -1.79. The van der Waals surface area contributed by atoms with Gasteiger partial charge in [0.25, 0.3) is 0 Å². The van der Waals surface area contributed by atoms with E-state index in [0.717, 1.165) is 45.5 Å². The van der Waals surface area contributed by atoms with Crippen molar-refractivity contribution in [3.05, 3.63) is 88.4 Å². The highest BCUT2D eigenvalue weighted by atomic mass is 32.1. The van der Waals surface area contributed by atoms with E-state index in [4.69, 9.17) is 0 Å². The molecule has 7 nitrogen and oxygen atoms in total. The third-order valence-corrected chi connectivity index (χ3v) is 7.58. The van der Waals surface area contributed by atoms with Crippen LogP contribution in [0.15, 0.2) is 60.5 Å². The van der Waals surface area contributed by atoms with Gasteiger partial charge in [-0.2, -0.15) is 9.47 Å². The molecule has 0 aliphatic carbocycles. The molecule has 1 N–H and O–H groups in total. The summed E-state index contributed by atoms with van der Waals surface area (Å²) in [7, 11) is 0. The molecule has 0 radical (unpaired) electrons. The first-order valence-electron chi connectivity index (χ1n) is 10.7. The van der Waals surface area contributed by atoms with Crippen molar-refractivity contribution >= 4 is 22.9 Å². The Bertz CT molecular complexity index is 1450. The summed E-state index contributed by atoms with van der Waals surface area (Å²) in [6.45, 7) is 3.61. The van der Waals surface area contributed by atoms with Crippen LogP contribution in [0.25, 0.3) is 22.0 Å². The van der Waals surface area contributed by atoms with Crippen molar-refractivity contribution in [2.75, 3.05) is 0 Å². The molecular weight excluding hydrogens is 490 g/mol. The van der Waals surface area contributed by atoms with Crippen LogP contribution in [0, 0.1) is 18.6 Å². The van der Waals surface area contributed by atoms with Crippen LogP contribution in [0.4, 0.5) is 8.78 Å². The maximum atomic E-state index is 14.7. The first kappa shape index (κ1) is 23.3. The Morgan fingerprint density at radius 2 is 1.86 bits per heavy atom. The maximum absolute atomic E-state index is 14.7. The minimum absolute atomic E-state index is 0.0381. The van der Waals surface area contributed by atoms with E-state index in [1.807, 2.05) is 36.6 Å². The minimum Gasteiger partial charge on any atom is -0.385 e. The van der Waals surface area contributed by atoms with Gasteiger partial charge in [-0.05, 0) is 31.4 Å². The lowest BCUT2D eigenvalue weighted by atomic mass is 9.82. The van der Waals surface area contributed by atoms with E-state index in [0.29, 0.717) is 10.8 Å². The lowest BCUT2D eigenvalue weighted by molar-refractivity contribution is 0.0156. The third kappa shape index (κ3) is 4.75. The van der Waals surface area contributed by atoms with Gasteiger partial charge in [0.1, 0.15) is 39.9 Å². The molecule has 0 aliphatic heterocycles. The Morgan fingerprint density at radius 1 is 1.09 bits per heavy atom. The smallest absolute Gasteiger partial charge is 0.173 e. The van der Waals surface area contributed by atoms with Crippen LogP contribution in [0.2, 0.25) is 0 Å². The van der Waals surface area contributed by atoms with E-state index in [9.17, 15) is 13.9 Å². The van der Waals surface area contributed by atoms with Crippen molar-refractivity contribution in [2.45, 2.75) is 31.9 Å². The number of hydrogen-bond acceptors (Lipinski definition) is 8. The summed E-state index contributed by atoms with van der Waals surface area (Å²) < 4.78 is 34.2. The van der Waals surface area contributed by atoms with Crippen LogP contribution in [-0.2, 0) is 12.1 Å². The van der Waals surface area contributed by atoms with E-state index in [2.05, 4.69) is 24.4 Å². The van der Waals surface area contributed by atoms with Gasteiger partial charge in [-0.15, -0.1) is 11.3 Å². The van der Waals surface area contributed by atoms with Crippen LogP contribution in [-0.4, -0.2) is 34.2 Å². The third-order valence-electron chi connectivity index (χ3n) is 5.74. The Kier molecular flexibility index (Phi) is 6.22. The van der Waals surface area contributed by atoms with Crippen LogP contribution >= 0.6 is 22.9 Å². The number of benzene rings is 2. The average Bonchev–Trinajstić information content (AvgIpc) is 3.59. The molecule has 3 heterocycles. The number of aromatic nitrogens is 6. The molecule has 178 valence electrons. The molecule has 2 atom stereocenters. The van der Waals surface area contributed by atoms with Gasteiger partial charge in [0.2, 0.25) is 0 Å². The predicted octanol–water partition coefficient (Wildman–Crippen LogP) is 5.20. The molecule has 0 fully saturated rings. The second-order valence-electron chi connectivity index (χ2n) is 8.27. The van der Waals surface area contributed by atoms with Crippen LogP contribution in [0.1, 0.15) is 29.1 Å². The highest BCUT2D eigenvalue weighted by Crippen LogP contribution is 2.40. The van der Waals surface area contributed by atoms with Gasteiger partial charge in [0.05, 0.1) is 12.5 Å². The fourth-order valence-electron chi connectivity index (χ4n) is 3.84. The van der Waals surface area contributed by atoms with Crippen molar-refractivity contribution < 1.29 is 13.9 Å². The molecule has 5 aromatic rings. The van der Waals surface area contributed by atoms with Gasteiger partial charge in [-0.25, -0.2) is 23.7 Å². The van der Waals surface area contributed by atoms with E-state index in [1.54, 1.807) is 11.3 Å². The zero-order chi connectivity index (χ0) is 24.6. The summed E-state index contributed by atoms with van der Waals surface area (Å²) in [5.41, 5.74) is 1.01. The molecule has 0 aliphatic rings. The largest absolute Gasteiger partial charge is 0.385 e. The number of aryl methyl sites for hydroxylation is 1. The quantitative estimate of drug-likeness (QED) is 0.324. The molecule has 35 heavy (non-hydrogen) atoms. The highest BCUT2D eigenvalue weighted by molar-refractivity contribution is 7.13. The van der Waals surface area contributed by atoms with Gasteiger partial charge in [0, 0.05) is 33.8 Å². The zero-order valence-electron chi connectivity index (χ0n) is 18.8. The normalized spacial score (nSPS) is 14.1. The fourth-order valence-corrected chi connectivity index (χ4v) is 5.53. The standard InChI is InChI=1S/C24H20F2N6OS2/c1-14-11-34-22(29-14)16-5-3-15(4-6-16)21-30-23(35-31-21)19(10-32-13-27-12-28-32)24(2,33)18-8-7-17(25)9-20(18)26/h3-9,11-13,19,33H,10H2,1-2H3/t19-,24-/m0/s1. The number of thiazole rings is 1. The van der Waals surface area contributed by atoms with Gasteiger partial charge in [0.15, 0.2) is 5.82 Å². The number of nitrogens with zero attached hydrogens (tertiary/aromatic N) is 6. The van der Waals surface area contributed by atoms with Crippen molar-refractivity contribution in [3.63, 3.8) is 0 Å². The van der Waals surface area contributed by atoms with Crippen LogP contribution in [0.5, 0.6) is 0 Å². The summed E-state index contributed by atoms with van der Waals surface area (Å²) in [6.07, 6.45) is 2.88. The topological polar surface area (TPSA) is 89.6 Å². The Hall–Kier alpha value is -3.41. The lowest BCUT2D eigenvalue weighted by Crippen LogP contribution is -2.34. The van der Waals surface area contributed by atoms with Gasteiger partial charge in [-0.1, -0.05) is 30.3 Å². The first-order valence-corrected chi connectivity index (χ1v) is 12.3. The van der Waals surface area contributed by atoms with Gasteiger partial charge >= 0.3 is 0 Å². The summed E-state index contributed by atoms with van der Waals surface area (Å²) >= 11 is 2.70. The van der Waals surface area contributed by atoms with Crippen molar-refractivity contribution in [3.8, 4) is 22.0 Å². The first-order chi connectivity index (χ1) is 16.8. The fraction of sp³-hybridized carbons (Fsp3) is 0.208. The summed E-state index contributed by atoms with van der Waals surface area (Å²) in [6, 6.07) is 10.9. The minimum atomic E-state index is -1.73. The van der Waals surface area contributed by atoms with Gasteiger partial charge < -0.3 is 5.11 Å². The van der Waals surface area contributed by atoms with E-state index in [-0.39, 0.29) is 12.1 Å². The maximum Gasteiger partial charge on any atom is 0.173 e. The number of hydrogen-bond donors (Lipinski definition) is 1. The molecule has 5 rings (SSSR count). The Balaban J connectivity index is 1.49. The number of halogens is 2. The molecule has 2 aromatic carbocycles. The van der Waals surface area contributed by atoms with Crippen LogP contribution in [0.3, 0.4) is 0 Å². The van der Waals surface area contributed by atoms with Crippen LogP contribution < -0.4 is 0 Å². The molecule has 0 unspecified atom stereocenters. The predicted molar refractivity (Wildman–Crippen MR) is 130 cm³/mol. The lowest BCUT2D eigenvalue weighted by Gasteiger charge is -2.32. The second kappa shape index (κ2) is 9.33.